The predicted octanol–water partition coefficient (Wildman–Crippen LogP) is 3.15. The summed E-state index contributed by atoms with van der Waals surface area (Å²) >= 11 is 1.80. The summed E-state index contributed by atoms with van der Waals surface area (Å²) in [5.41, 5.74) is 0.359. The van der Waals surface area contributed by atoms with Crippen molar-refractivity contribution in [2.45, 2.75) is 18.1 Å². The monoisotopic (exact) mass is 266 g/mol. The van der Waals surface area contributed by atoms with E-state index in [9.17, 15) is 9.50 Å². The Morgan fingerprint density at radius 2 is 2.33 bits per heavy atom. The molecule has 0 saturated carbocycles. The topological polar surface area (TPSA) is 59.2 Å². The molecule has 6 heteroatoms. The Balaban J connectivity index is 1.92. The van der Waals surface area contributed by atoms with Crippen LogP contribution in [0.2, 0.25) is 0 Å². The lowest BCUT2D eigenvalue weighted by Gasteiger charge is -2.00. The number of benzene rings is 1. The lowest BCUT2D eigenvalue weighted by Crippen LogP contribution is -1.91. The van der Waals surface area contributed by atoms with E-state index in [0.717, 1.165) is 24.7 Å². The maximum atomic E-state index is 12.9. The van der Waals surface area contributed by atoms with Gasteiger partial charge in [-0.3, -0.25) is 0 Å². The first-order valence-corrected chi connectivity index (χ1v) is 6.73. The number of phenols is 1. The van der Waals surface area contributed by atoms with Crippen LogP contribution in [0.4, 0.5) is 4.39 Å². The molecule has 1 aromatic carbocycles. The third kappa shape index (κ3) is 2.08. The van der Waals surface area contributed by atoms with Crippen LogP contribution in [0.3, 0.4) is 0 Å². The molecule has 18 heavy (non-hydrogen) atoms. The summed E-state index contributed by atoms with van der Waals surface area (Å²) in [5, 5.41) is 13.8. The van der Waals surface area contributed by atoms with Crippen molar-refractivity contribution in [3.8, 4) is 17.2 Å². The highest BCUT2D eigenvalue weighted by Crippen LogP contribution is 2.39. The van der Waals surface area contributed by atoms with Crippen molar-refractivity contribution in [2.24, 2.45) is 0 Å². The molecule has 0 amide bonds. The van der Waals surface area contributed by atoms with Crippen molar-refractivity contribution in [3.05, 3.63) is 29.8 Å². The van der Waals surface area contributed by atoms with Crippen molar-refractivity contribution >= 4 is 11.8 Å². The first-order valence-electron chi connectivity index (χ1n) is 5.68. The van der Waals surface area contributed by atoms with Gasteiger partial charge in [0.25, 0.3) is 5.89 Å². The second kappa shape index (κ2) is 4.61. The van der Waals surface area contributed by atoms with E-state index < -0.39 is 5.82 Å². The zero-order valence-corrected chi connectivity index (χ0v) is 10.3. The minimum Gasteiger partial charge on any atom is -0.507 e. The Bertz CT molecular complexity index is 567. The number of rotatable bonds is 2. The molecule has 1 saturated heterocycles. The summed E-state index contributed by atoms with van der Waals surface area (Å²) in [6, 6.07) is 3.72. The van der Waals surface area contributed by atoms with Crippen molar-refractivity contribution in [1.82, 2.24) is 10.1 Å². The summed E-state index contributed by atoms with van der Waals surface area (Å²) < 4.78 is 18.0. The van der Waals surface area contributed by atoms with Crippen LogP contribution in [0, 0.1) is 5.82 Å². The average molecular weight is 266 g/mol. The fourth-order valence-corrected chi connectivity index (χ4v) is 3.14. The molecule has 2 heterocycles. The van der Waals surface area contributed by atoms with Gasteiger partial charge < -0.3 is 9.63 Å². The van der Waals surface area contributed by atoms with E-state index in [-0.39, 0.29) is 16.9 Å². The molecule has 0 spiro atoms. The quantitative estimate of drug-likeness (QED) is 0.904. The number of aromatic nitrogens is 2. The smallest absolute Gasteiger partial charge is 0.261 e. The maximum Gasteiger partial charge on any atom is 0.261 e. The average Bonchev–Trinajstić information content (AvgIpc) is 2.99. The first-order chi connectivity index (χ1) is 8.74. The summed E-state index contributed by atoms with van der Waals surface area (Å²) in [5.74, 6) is 1.30. The van der Waals surface area contributed by atoms with Crippen molar-refractivity contribution in [2.75, 3.05) is 5.75 Å². The van der Waals surface area contributed by atoms with Gasteiger partial charge >= 0.3 is 0 Å². The predicted molar refractivity (Wildman–Crippen MR) is 65.8 cm³/mol. The number of phenolic OH excluding ortho intramolecular Hbond substituents is 1. The molecule has 1 N–H and O–H groups in total. The Kier molecular flexibility index (Phi) is 2.95. The van der Waals surface area contributed by atoms with E-state index in [1.165, 1.54) is 12.1 Å². The Morgan fingerprint density at radius 1 is 1.44 bits per heavy atom. The number of aromatic hydroxyl groups is 1. The summed E-state index contributed by atoms with van der Waals surface area (Å²) in [7, 11) is 0. The van der Waals surface area contributed by atoms with Crippen molar-refractivity contribution < 1.29 is 14.0 Å². The lowest BCUT2D eigenvalue weighted by molar-refractivity contribution is 0.416. The van der Waals surface area contributed by atoms with Crippen molar-refractivity contribution in [1.29, 1.82) is 0 Å². The van der Waals surface area contributed by atoms with Crippen LogP contribution in [0.25, 0.3) is 11.5 Å². The van der Waals surface area contributed by atoms with E-state index in [1.807, 2.05) is 0 Å². The van der Waals surface area contributed by atoms with Gasteiger partial charge in [-0.15, -0.1) is 0 Å². The molecule has 1 atom stereocenters. The van der Waals surface area contributed by atoms with E-state index in [4.69, 9.17) is 4.52 Å². The minimum atomic E-state index is -0.498. The molecule has 1 unspecified atom stereocenters. The highest BCUT2D eigenvalue weighted by Gasteiger charge is 2.24. The van der Waals surface area contributed by atoms with Gasteiger partial charge in [-0.25, -0.2) is 4.39 Å². The SMILES string of the molecule is Oc1cc(F)ccc1-c1nc(C2CCCS2)no1. The van der Waals surface area contributed by atoms with Gasteiger partial charge in [-0.1, -0.05) is 5.16 Å². The summed E-state index contributed by atoms with van der Waals surface area (Å²) in [6.07, 6.45) is 2.19. The zero-order chi connectivity index (χ0) is 12.5. The molecule has 1 aliphatic rings. The molecule has 94 valence electrons. The normalized spacial score (nSPS) is 19.3. The van der Waals surface area contributed by atoms with Crippen LogP contribution in [-0.2, 0) is 0 Å². The second-order valence-electron chi connectivity index (χ2n) is 4.12. The third-order valence-corrected chi connectivity index (χ3v) is 4.22. The fourth-order valence-electron chi connectivity index (χ4n) is 1.94. The fraction of sp³-hybridized carbons (Fsp3) is 0.333. The molecule has 1 aliphatic heterocycles. The van der Waals surface area contributed by atoms with Gasteiger partial charge in [0, 0.05) is 6.07 Å². The largest absolute Gasteiger partial charge is 0.507 e. The number of hydrogen-bond donors (Lipinski definition) is 1. The van der Waals surface area contributed by atoms with Gasteiger partial charge in [0.2, 0.25) is 0 Å². The minimum absolute atomic E-state index is 0.190. The van der Waals surface area contributed by atoms with Crippen LogP contribution < -0.4 is 0 Å². The number of hydrogen-bond acceptors (Lipinski definition) is 5. The number of nitrogens with zero attached hydrogens (tertiary/aromatic N) is 2. The molecular formula is C12H11FN2O2S. The summed E-state index contributed by atoms with van der Waals surface area (Å²) in [6.45, 7) is 0. The van der Waals surface area contributed by atoms with Gasteiger partial charge in [0.05, 0.1) is 10.8 Å². The van der Waals surface area contributed by atoms with Crippen LogP contribution in [0.5, 0.6) is 5.75 Å². The molecule has 1 fully saturated rings. The molecule has 1 aromatic heterocycles. The van der Waals surface area contributed by atoms with Crippen LogP contribution in [0.15, 0.2) is 22.7 Å². The standard InChI is InChI=1S/C12H11FN2O2S/c13-7-3-4-8(9(16)6-7)12-14-11(15-17-12)10-2-1-5-18-10/h3-4,6,10,16H,1-2,5H2. The van der Waals surface area contributed by atoms with Gasteiger partial charge in [-0.05, 0) is 30.7 Å². The molecule has 0 bridgehead atoms. The van der Waals surface area contributed by atoms with Gasteiger partial charge in [0.1, 0.15) is 11.6 Å². The molecule has 3 rings (SSSR count). The Labute approximate surface area is 107 Å². The van der Waals surface area contributed by atoms with E-state index in [1.54, 1.807) is 11.8 Å². The highest BCUT2D eigenvalue weighted by molar-refractivity contribution is 7.99. The van der Waals surface area contributed by atoms with Gasteiger partial charge in [0.15, 0.2) is 5.82 Å². The van der Waals surface area contributed by atoms with Crippen LogP contribution >= 0.6 is 11.8 Å². The Hall–Kier alpha value is -1.56. The molecule has 0 radical (unpaired) electrons. The van der Waals surface area contributed by atoms with E-state index >= 15 is 0 Å². The molecule has 0 aliphatic carbocycles. The molecule has 2 aromatic rings. The lowest BCUT2D eigenvalue weighted by atomic mass is 10.2. The van der Waals surface area contributed by atoms with E-state index in [2.05, 4.69) is 10.1 Å². The molecule has 4 nitrogen and oxygen atoms in total. The van der Waals surface area contributed by atoms with Crippen molar-refractivity contribution in [3.63, 3.8) is 0 Å². The van der Waals surface area contributed by atoms with Crippen LogP contribution in [0.1, 0.15) is 23.9 Å². The Morgan fingerprint density at radius 3 is 3.06 bits per heavy atom. The molecular weight excluding hydrogens is 255 g/mol. The van der Waals surface area contributed by atoms with E-state index in [0.29, 0.717) is 11.4 Å². The first kappa shape index (κ1) is 11.5. The maximum absolute atomic E-state index is 12.9. The second-order valence-corrected chi connectivity index (χ2v) is 5.43. The summed E-state index contributed by atoms with van der Waals surface area (Å²) in [4.78, 5) is 4.27. The highest BCUT2D eigenvalue weighted by atomic mass is 32.2. The van der Waals surface area contributed by atoms with Gasteiger partial charge in [-0.2, -0.15) is 16.7 Å². The number of halogens is 1. The zero-order valence-electron chi connectivity index (χ0n) is 9.47. The number of thioether (sulfide) groups is 1. The van der Waals surface area contributed by atoms with Crippen LogP contribution in [-0.4, -0.2) is 21.0 Å². The third-order valence-electron chi connectivity index (χ3n) is 2.85.